The average Bonchev–Trinajstić information content (AvgIpc) is 3.00. The molecule has 0 saturated heterocycles. The van der Waals surface area contributed by atoms with E-state index in [9.17, 15) is 4.79 Å². The van der Waals surface area contributed by atoms with Gasteiger partial charge in [0, 0.05) is 50.7 Å². The van der Waals surface area contributed by atoms with E-state index in [1.165, 1.54) is 0 Å². The van der Waals surface area contributed by atoms with Crippen LogP contribution in [0.3, 0.4) is 0 Å². The van der Waals surface area contributed by atoms with Gasteiger partial charge in [-0.2, -0.15) is 0 Å². The fourth-order valence-corrected chi connectivity index (χ4v) is 3.70. The number of anilines is 2. The average molecular weight is 395 g/mol. The van der Waals surface area contributed by atoms with Crippen molar-refractivity contribution in [3.63, 3.8) is 0 Å². The van der Waals surface area contributed by atoms with Crippen LogP contribution in [0.25, 0.3) is 23.3 Å². The van der Waals surface area contributed by atoms with Crippen molar-refractivity contribution < 1.29 is 4.79 Å². The Labute approximate surface area is 178 Å². The Morgan fingerprint density at radius 1 is 0.567 bits per heavy atom. The first-order chi connectivity index (χ1) is 14.4. The summed E-state index contributed by atoms with van der Waals surface area (Å²) in [6.07, 6.45) is 3.99. The first kappa shape index (κ1) is 19.7. The molecule has 0 atom stereocenters. The molecule has 0 heterocycles. The zero-order chi connectivity index (χ0) is 21.3. The van der Waals surface area contributed by atoms with Crippen molar-refractivity contribution in [1.29, 1.82) is 0 Å². The fourth-order valence-electron chi connectivity index (χ4n) is 3.70. The Kier molecular flexibility index (Phi) is 5.28. The molecule has 0 amide bonds. The van der Waals surface area contributed by atoms with Gasteiger partial charge in [-0.1, -0.05) is 48.5 Å². The first-order valence-electron chi connectivity index (χ1n) is 10.1. The molecule has 0 bridgehead atoms. The van der Waals surface area contributed by atoms with E-state index in [1.807, 2.05) is 64.6 Å². The third-order valence-corrected chi connectivity index (χ3v) is 5.44. The zero-order valence-electron chi connectivity index (χ0n) is 17.9. The van der Waals surface area contributed by atoms with Crippen molar-refractivity contribution in [1.82, 2.24) is 0 Å². The largest absolute Gasteiger partial charge is 0.378 e. The summed E-state index contributed by atoms with van der Waals surface area (Å²) in [4.78, 5) is 17.5. The Hall–Kier alpha value is -3.59. The van der Waals surface area contributed by atoms with Gasteiger partial charge in [0.25, 0.3) is 0 Å². The number of rotatable bonds is 4. The van der Waals surface area contributed by atoms with Crippen molar-refractivity contribution >= 4 is 40.5 Å². The number of carbonyl (C=O) groups is 1. The number of ketones is 1. The molecule has 0 radical (unpaired) electrons. The maximum atomic E-state index is 13.4. The lowest BCUT2D eigenvalue weighted by atomic mass is 10.0. The molecule has 3 aromatic rings. The van der Waals surface area contributed by atoms with Crippen LogP contribution in [0.4, 0.5) is 11.4 Å². The van der Waals surface area contributed by atoms with Gasteiger partial charge >= 0.3 is 0 Å². The van der Waals surface area contributed by atoms with E-state index in [-0.39, 0.29) is 5.78 Å². The maximum Gasteiger partial charge on any atom is 0.194 e. The number of carbonyl (C=O) groups excluding carboxylic acids is 1. The van der Waals surface area contributed by atoms with E-state index in [4.69, 9.17) is 0 Å². The van der Waals surface area contributed by atoms with E-state index in [1.54, 1.807) is 0 Å². The molecule has 3 aromatic carbocycles. The Morgan fingerprint density at radius 3 is 1.27 bits per heavy atom. The van der Waals surface area contributed by atoms with E-state index in [2.05, 4.69) is 58.3 Å². The van der Waals surface area contributed by atoms with Crippen molar-refractivity contribution in [2.75, 3.05) is 38.0 Å². The minimum absolute atomic E-state index is 0.0737. The monoisotopic (exact) mass is 394 g/mol. The number of hydrogen-bond acceptors (Lipinski definition) is 3. The quantitative estimate of drug-likeness (QED) is 0.547. The molecule has 0 N–H and O–H groups in total. The predicted molar refractivity (Wildman–Crippen MR) is 129 cm³/mol. The van der Waals surface area contributed by atoms with Crippen LogP contribution in [0.2, 0.25) is 0 Å². The van der Waals surface area contributed by atoms with Crippen molar-refractivity contribution in [2.45, 2.75) is 0 Å². The van der Waals surface area contributed by atoms with Gasteiger partial charge in [-0.15, -0.1) is 0 Å². The van der Waals surface area contributed by atoms with Crippen LogP contribution in [-0.4, -0.2) is 34.0 Å². The molecule has 30 heavy (non-hydrogen) atoms. The van der Waals surface area contributed by atoms with Crippen LogP contribution in [-0.2, 0) is 4.79 Å². The van der Waals surface area contributed by atoms with E-state index >= 15 is 0 Å². The van der Waals surface area contributed by atoms with Crippen LogP contribution < -0.4 is 9.80 Å². The van der Waals surface area contributed by atoms with Gasteiger partial charge in [-0.05, 0) is 58.7 Å². The Morgan fingerprint density at radius 2 is 0.933 bits per heavy atom. The van der Waals surface area contributed by atoms with Gasteiger partial charge < -0.3 is 9.80 Å². The second-order valence-corrected chi connectivity index (χ2v) is 7.96. The Balaban J connectivity index is 1.73. The molecule has 1 aliphatic carbocycles. The van der Waals surface area contributed by atoms with Crippen molar-refractivity contribution in [2.24, 2.45) is 0 Å². The van der Waals surface area contributed by atoms with Gasteiger partial charge in [0.05, 0.1) is 0 Å². The highest BCUT2D eigenvalue weighted by molar-refractivity contribution is 6.51. The highest BCUT2D eigenvalue weighted by atomic mass is 16.1. The minimum Gasteiger partial charge on any atom is -0.378 e. The molecule has 0 saturated carbocycles. The van der Waals surface area contributed by atoms with E-state index in [0.29, 0.717) is 0 Å². The summed E-state index contributed by atoms with van der Waals surface area (Å²) in [6.45, 7) is 0. The topological polar surface area (TPSA) is 23.6 Å². The Bertz CT molecular complexity index is 1040. The molecule has 4 rings (SSSR count). The molecule has 150 valence electrons. The molecule has 0 spiro atoms. The number of fused-ring (bicyclic) bond motifs is 1. The lowest BCUT2D eigenvalue weighted by molar-refractivity contribution is -0.108. The highest BCUT2D eigenvalue weighted by Crippen LogP contribution is 2.39. The van der Waals surface area contributed by atoms with Crippen LogP contribution in [0.15, 0.2) is 72.8 Å². The number of Topliss-reactive ketones (excluding diaryl/α,β-unsaturated/α-hetero) is 1. The molecule has 1 aliphatic rings. The standard InChI is InChI=1S/C27H26N2O/c1-28(2)21-13-9-19(10-14-21)17-25-23-7-5-6-8-24(23)26(27(25)30)18-20-11-15-22(16-12-20)29(3)4/h5-18H,1-4H3/b25-17-,26-18-. The number of allylic oxidation sites excluding steroid dienone is 2. The predicted octanol–water partition coefficient (Wildman–Crippen LogP) is 5.48. The number of benzene rings is 3. The summed E-state index contributed by atoms with van der Waals surface area (Å²) in [5, 5.41) is 0. The summed E-state index contributed by atoms with van der Waals surface area (Å²) < 4.78 is 0. The molecular weight excluding hydrogens is 368 g/mol. The summed E-state index contributed by atoms with van der Waals surface area (Å²) >= 11 is 0. The smallest absolute Gasteiger partial charge is 0.194 e. The summed E-state index contributed by atoms with van der Waals surface area (Å²) in [7, 11) is 8.08. The van der Waals surface area contributed by atoms with Crippen LogP contribution >= 0.6 is 0 Å². The zero-order valence-corrected chi connectivity index (χ0v) is 17.9. The molecule has 0 aliphatic heterocycles. The minimum atomic E-state index is 0.0737. The van der Waals surface area contributed by atoms with Gasteiger partial charge in [-0.25, -0.2) is 0 Å². The molecule has 0 fully saturated rings. The number of hydrogen-bond donors (Lipinski definition) is 0. The normalized spacial score (nSPS) is 15.5. The van der Waals surface area contributed by atoms with Crippen LogP contribution in [0, 0.1) is 0 Å². The summed E-state index contributed by atoms with van der Waals surface area (Å²) in [5.74, 6) is 0.0737. The summed E-state index contributed by atoms with van der Waals surface area (Å²) in [6, 6.07) is 24.5. The van der Waals surface area contributed by atoms with Gasteiger partial charge in [0.1, 0.15) is 0 Å². The first-order valence-corrected chi connectivity index (χ1v) is 10.1. The van der Waals surface area contributed by atoms with E-state index in [0.717, 1.165) is 44.8 Å². The lowest BCUT2D eigenvalue weighted by Gasteiger charge is -2.12. The molecular formula is C27H26N2O. The van der Waals surface area contributed by atoms with Crippen molar-refractivity contribution in [3.8, 4) is 0 Å². The third kappa shape index (κ3) is 3.79. The lowest BCUT2D eigenvalue weighted by Crippen LogP contribution is -2.08. The van der Waals surface area contributed by atoms with Crippen molar-refractivity contribution in [3.05, 3.63) is 95.1 Å². The third-order valence-electron chi connectivity index (χ3n) is 5.44. The molecule has 3 nitrogen and oxygen atoms in total. The second-order valence-electron chi connectivity index (χ2n) is 7.96. The molecule has 3 heteroatoms. The summed E-state index contributed by atoms with van der Waals surface area (Å²) in [5.41, 5.74) is 7.81. The second kappa shape index (κ2) is 8.03. The highest BCUT2D eigenvalue weighted by Gasteiger charge is 2.29. The SMILES string of the molecule is CN(C)c1ccc(/C=C2\C(=O)/C(=C\c3ccc(N(C)C)cc3)c3ccccc32)cc1. The maximum absolute atomic E-state index is 13.4. The number of nitrogens with zero attached hydrogens (tertiary/aromatic N) is 2. The molecule has 0 aromatic heterocycles. The van der Waals surface area contributed by atoms with Gasteiger partial charge in [0.2, 0.25) is 0 Å². The van der Waals surface area contributed by atoms with Gasteiger partial charge in [-0.3, -0.25) is 4.79 Å². The van der Waals surface area contributed by atoms with E-state index < -0.39 is 0 Å². The van der Waals surface area contributed by atoms with Gasteiger partial charge in [0.15, 0.2) is 5.78 Å². The molecule has 0 unspecified atom stereocenters. The van der Waals surface area contributed by atoms with Crippen LogP contribution in [0.1, 0.15) is 22.3 Å². The van der Waals surface area contributed by atoms with Crippen LogP contribution in [0.5, 0.6) is 0 Å². The fraction of sp³-hybridized carbons (Fsp3) is 0.148.